The van der Waals surface area contributed by atoms with Gasteiger partial charge in [-0.3, -0.25) is 14.4 Å². The summed E-state index contributed by atoms with van der Waals surface area (Å²) in [5, 5.41) is 7.15. The van der Waals surface area contributed by atoms with E-state index in [0.717, 1.165) is 11.1 Å². The highest BCUT2D eigenvalue weighted by Gasteiger charge is 2.38. The van der Waals surface area contributed by atoms with E-state index in [9.17, 15) is 24.0 Å². The van der Waals surface area contributed by atoms with Gasteiger partial charge in [-0.15, -0.1) is 11.3 Å². The first-order valence-electron chi connectivity index (χ1n) is 14.4. The molecular weight excluding hydrogens is 592 g/mol. The van der Waals surface area contributed by atoms with E-state index in [1.54, 1.807) is 66.9 Å². The second kappa shape index (κ2) is 13.6. The number of hydrogen-bond donors (Lipinski definition) is 2. The molecule has 2 N–H and O–H groups in total. The molecule has 3 aromatic carbocycles. The van der Waals surface area contributed by atoms with Gasteiger partial charge in [-0.25, -0.2) is 9.59 Å². The number of Topliss-reactive ketones (excluding diaryl/α,β-unsaturated/α-hetero) is 1. The molecule has 1 atom stereocenters. The Morgan fingerprint density at radius 1 is 0.933 bits per heavy atom. The van der Waals surface area contributed by atoms with Crippen LogP contribution in [-0.2, 0) is 9.53 Å². The molecular formula is C34H32N4O6S. The number of urea groups is 1. The summed E-state index contributed by atoms with van der Waals surface area (Å²) in [7, 11) is 0. The van der Waals surface area contributed by atoms with Gasteiger partial charge in [0, 0.05) is 11.3 Å². The van der Waals surface area contributed by atoms with Crippen LogP contribution in [0, 0.1) is 13.8 Å². The van der Waals surface area contributed by atoms with Gasteiger partial charge in [0.15, 0.2) is 5.78 Å². The maximum absolute atomic E-state index is 14.3. The number of ether oxygens (including phenoxy) is 1. The number of hydrogen-bond acceptors (Lipinski definition) is 7. The Kier molecular flexibility index (Phi) is 9.39. The number of benzene rings is 3. The van der Waals surface area contributed by atoms with Gasteiger partial charge in [-0.1, -0.05) is 42.5 Å². The first kappa shape index (κ1) is 31.1. The molecule has 1 unspecified atom stereocenters. The van der Waals surface area contributed by atoms with Gasteiger partial charge in [-0.05, 0) is 73.7 Å². The molecule has 10 nitrogen and oxygen atoms in total. The van der Waals surface area contributed by atoms with E-state index in [1.165, 1.54) is 27.2 Å². The van der Waals surface area contributed by atoms with E-state index >= 15 is 0 Å². The minimum absolute atomic E-state index is 0.184. The lowest BCUT2D eigenvalue weighted by atomic mass is 10.0. The number of anilines is 3. The Labute approximate surface area is 264 Å². The Morgan fingerprint density at radius 3 is 2.47 bits per heavy atom. The maximum Gasteiger partial charge on any atom is 0.338 e. The summed E-state index contributed by atoms with van der Waals surface area (Å²) in [6.45, 7) is 5.09. The number of amides is 4. The largest absolute Gasteiger partial charge is 0.462 e. The molecule has 0 bridgehead atoms. The number of ketones is 1. The summed E-state index contributed by atoms with van der Waals surface area (Å²) in [4.78, 5) is 70.4. The van der Waals surface area contributed by atoms with Crippen LogP contribution in [0.5, 0.6) is 0 Å². The number of carbonyl (C=O) groups is 5. The van der Waals surface area contributed by atoms with Crippen LogP contribution in [0.3, 0.4) is 0 Å². The third-order valence-electron chi connectivity index (χ3n) is 7.30. The van der Waals surface area contributed by atoms with E-state index in [0.29, 0.717) is 27.5 Å². The fraction of sp³-hybridized carbons (Fsp3) is 0.206. The molecule has 0 radical (unpaired) electrons. The number of aryl methyl sites for hydroxylation is 2. The second-order valence-electron chi connectivity index (χ2n) is 10.5. The number of nitrogens with zero attached hydrogens (tertiary/aromatic N) is 2. The zero-order valence-corrected chi connectivity index (χ0v) is 25.9. The van der Waals surface area contributed by atoms with Crippen LogP contribution in [-0.4, -0.2) is 55.3 Å². The molecule has 1 aliphatic heterocycles. The molecule has 0 saturated carbocycles. The smallest absolute Gasteiger partial charge is 0.338 e. The summed E-state index contributed by atoms with van der Waals surface area (Å²) in [6, 6.07) is 20.2. The minimum Gasteiger partial charge on any atom is -0.462 e. The first-order chi connectivity index (χ1) is 21.7. The molecule has 45 heavy (non-hydrogen) atoms. The summed E-state index contributed by atoms with van der Waals surface area (Å²) < 4.78 is 5.04. The van der Waals surface area contributed by atoms with Crippen molar-refractivity contribution < 1.29 is 28.7 Å². The topological polar surface area (TPSA) is 125 Å². The van der Waals surface area contributed by atoms with E-state index < -0.39 is 23.9 Å². The van der Waals surface area contributed by atoms with Crippen LogP contribution in [0.4, 0.5) is 21.9 Å². The van der Waals surface area contributed by atoms with E-state index in [4.69, 9.17) is 4.74 Å². The summed E-state index contributed by atoms with van der Waals surface area (Å²) in [5.41, 5.74) is 3.44. The maximum atomic E-state index is 14.3. The van der Waals surface area contributed by atoms with Crippen LogP contribution in [0.2, 0.25) is 0 Å². The molecule has 0 fully saturated rings. The zero-order valence-electron chi connectivity index (χ0n) is 25.0. The molecule has 4 amide bonds. The standard InChI is InChI=1S/C34H32N4O6S/c1-4-44-33(42)23-10-7-11-24(18-23)35-34(43)36-26-19-37(32(41)30-13-8-16-45-30)27-15-14-21(2)17-28(27)38(31(26)40)20-29(39)25-12-6-5-9-22(25)3/h5-18,26H,4,19-20H2,1-3H3,(H2,35,36,43). The Bertz CT molecular complexity index is 1770. The van der Waals surface area contributed by atoms with Crippen LogP contribution >= 0.6 is 11.3 Å². The van der Waals surface area contributed by atoms with Crippen LogP contribution in [0.25, 0.3) is 0 Å². The monoisotopic (exact) mass is 624 g/mol. The van der Waals surface area contributed by atoms with Gasteiger partial charge in [0.1, 0.15) is 6.04 Å². The number of rotatable bonds is 8. The number of esters is 1. The Balaban J connectivity index is 1.50. The van der Waals surface area contributed by atoms with Crippen molar-refractivity contribution in [3.05, 3.63) is 111 Å². The van der Waals surface area contributed by atoms with Gasteiger partial charge in [0.05, 0.1) is 41.5 Å². The van der Waals surface area contributed by atoms with Crippen LogP contribution in [0.1, 0.15) is 48.4 Å². The quantitative estimate of drug-likeness (QED) is 0.194. The molecule has 4 aromatic rings. The molecule has 230 valence electrons. The average Bonchev–Trinajstić information content (AvgIpc) is 3.54. The predicted molar refractivity (Wildman–Crippen MR) is 173 cm³/mol. The van der Waals surface area contributed by atoms with Crippen molar-refractivity contribution in [2.75, 3.05) is 34.8 Å². The SMILES string of the molecule is CCOC(=O)c1cccc(NC(=O)NC2CN(C(=O)c3cccs3)c3ccc(C)cc3N(CC(=O)c3ccccc3C)C2=O)c1. The van der Waals surface area contributed by atoms with Crippen molar-refractivity contribution in [2.45, 2.75) is 26.8 Å². The number of fused-ring (bicyclic) bond motifs is 1. The lowest BCUT2D eigenvalue weighted by Crippen LogP contribution is -2.54. The van der Waals surface area contributed by atoms with Crippen molar-refractivity contribution in [1.82, 2.24) is 5.32 Å². The summed E-state index contributed by atoms with van der Waals surface area (Å²) in [5.74, 6) is -1.72. The molecule has 0 saturated heterocycles. The van der Waals surface area contributed by atoms with Crippen LogP contribution in [0.15, 0.2) is 84.2 Å². The van der Waals surface area contributed by atoms with Crippen molar-refractivity contribution >= 4 is 58.0 Å². The van der Waals surface area contributed by atoms with Crippen molar-refractivity contribution in [2.24, 2.45) is 0 Å². The second-order valence-corrected chi connectivity index (χ2v) is 11.4. The highest BCUT2D eigenvalue weighted by Crippen LogP contribution is 2.35. The van der Waals surface area contributed by atoms with Crippen molar-refractivity contribution in [3.63, 3.8) is 0 Å². The summed E-state index contributed by atoms with van der Waals surface area (Å²) >= 11 is 1.26. The van der Waals surface area contributed by atoms with Gasteiger partial charge in [0.2, 0.25) is 0 Å². The molecule has 0 aliphatic carbocycles. The lowest BCUT2D eigenvalue weighted by Gasteiger charge is -2.25. The van der Waals surface area contributed by atoms with Gasteiger partial charge >= 0.3 is 12.0 Å². The fourth-order valence-electron chi connectivity index (χ4n) is 5.12. The first-order valence-corrected chi connectivity index (χ1v) is 15.2. The van der Waals surface area contributed by atoms with Gasteiger partial charge in [-0.2, -0.15) is 0 Å². The normalized spacial score (nSPS) is 14.3. The zero-order chi connectivity index (χ0) is 32.1. The molecule has 1 aliphatic rings. The molecule has 1 aromatic heterocycles. The molecule has 11 heteroatoms. The fourth-order valence-corrected chi connectivity index (χ4v) is 5.79. The van der Waals surface area contributed by atoms with E-state index in [1.807, 2.05) is 32.0 Å². The van der Waals surface area contributed by atoms with E-state index in [-0.39, 0.29) is 37.0 Å². The van der Waals surface area contributed by atoms with Crippen molar-refractivity contribution in [1.29, 1.82) is 0 Å². The molecule has 0 spiro atoms. The minimum atomic E-state index is -1.22. The average molecular weight is 625 g/mol. The molecule has 2 heterocycles. The third kappa shape index (κ3) is 6.94. The number of carbonyl (C=O) groups excluding carboxylic acids is 5. The van der Waals surface area contributed by atoms with Crippen molar-refractivity contribution in [3.8, 4) is 0 Å². The molecule has 5 rings (SSSR count). The third-order valence-corrected chi connectivity index (χ3v) is 8.16. The van der Waals surface area contributed by atoms with Gasteiger partial charge < -0.3 is 25.2 Å². The van der Waals surface area contributed by atoms with E-state index in [2.05, 4.69) is 10.6 Å². The lowest BCUT2D eigenvalue weighted by molar-refractivity contribution is -0.119. The highest BCUT2D eigenvalue weighted by atomic mass is 32.1. The number of thiophene rings is 1. The van der Waals surface area contributed by atoms with Crippen LogP contribution < -0.4 is 20.4 Å². The van der Waals surface area contributed by atoms with Gasteiger partial charge in [0.25, 0.3) is 11.8 Å². The Morgan fingerprint density at radius 2 is 1.73 bits per heavy atom. The number of nitrogens with one attached hydrogen (secondary N) is 2. The Hall–Kier alpha value is -5.29. The summed E-state index contributed by atoms with van der Waals surface area (Å²) in [6.07, 6.45) is 0. The predicted octanol–water partition coefficient (Wildman–Crippen LogP) is 5.61. The highest BCUT2D eigenvalue weighted by molar-refractivity contribution is 7.12.